The van der Waals surface area contributed by atoms with Gasteiger partial charge >= 0.3 is 0 Å². The number of aliphatic hydroxyl groups is 1. The van der Waals surface area contributed by atoms with Crippen molar-refractivity contribution in [3.63, 3.8) is 0 Å². The molecule has 9 nitrogen and oxygen atoms in total. The van der Waals surface area contributed by atoms with Gasteiger partial charge in [0.05, 0.1) is 36.3 Å². The Labute approximate surface area is 187 Å². The fourth-order valence-corrected chi connectivity index (χ4v) is 5.71. The number of halogens is 1. The SMILES string of the molecule is O=S(=O)(C1=C(O)C(Nc2nsnc2Nc2ccccc2Br)=CCC1)N1CCOCC1. The lowest BCUT2D eigenvalue weighted by Gasteiger charge is -2.28. The standard InChI is InChI=1S/C18H20BrN5O4S2/c19-12-4-1-2-5-13(12)20-17-18(23-29-22-17)21-14-6-3-7-15(16(14)25)30(26,27)24-8-10-28-11-9-24/h1-2,4-6,25H,3,7-11H2,(H,20,22)(H,21,23). The molecule has 0 unspecified atom stereocenters. The molecule has 0 radical (unpaired) electrons. The van der Waals surface area contributed by atoms with Crippen molar-refractivity contribution in [3.05, 3.63) is 51.2 Å². The van der Waals surface area contributed by atoms with E-state index >= 15 is 0 Å². The summed E-state index contributed by atoms with van der Waals surface area (Å²) in [5.74, 6) is 0.593. The third-order valence-electron chi connectivity index (χ3n) is 4.73. The fourth-order valence-electron chi connectivity index (χ4n) is 3.19. The van der Waals surface area contributed by atoms with Gasteiger partial charge in [-0.25, -0.2) is 8.42 Å². The van der Waals surface area contributed by atoms with Crippen molar-refractivity contribution in [2.24, 2.45) is 0 Å². The number of hydrogen-bond acceptors (Lipinski definition) is 9. The Morgan fingerprint density at radius 1 is 1.13 bits per heavy atom. The molecule has 0 bridgehead atoms. The van der Waals surface area contributed by atoms with Crippen molar-refractivity contribution in [1.29, 1.82) is 0 Å². The third-order valence-corrected chi connectivity index (χ3v) is 8.01. The van der Waals surface area contributed by atoms with Crippen LogP contribution < -0.4 is 10.6 Å². The highest BCUT2D eigenvalue weighted by Gasteiger charge is 2.33. The lowest BCUT2D eigenvalue weighted by atomic mass is 10.1. The van der Waals surface area contributed by atoms with Crippen molar-refractivity contribution in [3.8, 4) is 0 Å². The molecule has 1 saturated heterocycles. The summed E-state index contributed by atoms with van der Waals surface area (Å²) in [5.41, 5.74) is 1.11. The maximum Gasteiger partial charge on any atom is 0.243 e. The first-order chi connectivity index (χ1) is 14.5. The van der Waals surface area contributed by atoms with Gasteiger partial charge in [0, 0.05) is 17.6 Å². The average Bonchev–Trinajstić information content (AvgIpc) is 3.18. The van der Waals surface area contributed by atoms with Gasteiger partial charge in [-0.05, 0) is 40.9 Å². The van der Waals surface area contributed by atoms with E-state index in [0.29, 0.717) is 37.0 Å². The Hall–Kier alpha value is -1.99. The number of hydrogen-bond donors (Lipinski definition) is 3. The number of allylic oxidation sites excluding steroid dienone is 2. The van der Waals surface area contributed by atoms with Crippen LogP contribution in [-0.2, 0) is 14.8 Å². The highest BCUT2D eigenvalue weighted by Crippen LogP contribution is 2.33. The topological polar surface area (TPSA) is 117 Å². The summed E-state index contributed by atoms with van der Waals surface area (Å²) in [5, 5.41) is 17.0. The Kier molecular flexibility index (Phi) is 6.39. The second kappa shape index (κ2) is 9.02. The van der Waals surface area contributed by atoms with Crippen LogP contribution in [0, 0.1) is 0 Å². The molecule has 3 N–H and O–H groups in total. The number of para-hydroxylation sites is 1. The number of ether oxygens (including phenoxy) is 1. The van der Waals surface area contributed by atoms with Crippen molar-refractivity contribution in [1.82, 2.24) is 13.1 Å². The number of nitrogens with one attached hydrogen (secondary N) is 2. The Bertz CT molecular complexity index is 1090. The van der Waals surface area contributed by atoms with Crippen molar-refractivity contribution < 1.29 is 18.3 Å². The number of benzene rings is 1. The highest BCUT2D eigenvalue weighted by atomic mass is 79.9. The van der Waals surface area contributed by atoms with E-state index in [9.17, 15) is 13.5 Å². The molecule has 12 heteroatoms. The molecule has 1 fully saturated rings. The van der Waals surface area contributed by atoms with E-state index in [-0.39, 0.29) is 30.2 Å². The zero-order chi connectivity index (χ0) is 21.1. The zero-order valence-corrected chi connectivity index (χ0v) is 19.1. The summed E-state index contributed by atoms with van der Waals surface area (Å²) in [6.45, 7) is 1.26. The van der Waals surface area contributed by atoms with E-state index in [0.717, 1.165) is 21.9 Å². The number of aliphatic hydroxyl groups excluding tert-OH is 1. The molecule has 1 aliphatic heterocycles. The zero-order valence-electron chi connectivity index (χ0n) is 15.8. The van der Waals surface area contributed by atoms with E-state index in [4.69, 9.17) is 4.74 Å². The number of anilines is 3. The molecule has 0 amide bonds. The summed E-state index contributed by atoms with van der Waals surface area (Å²) in [4.78, 5) is 0.0119. The molecule has 2 aromatic rings. The molecule has 1 aromatic carbocycles. The van der Waals surface area contributed by atoms with E-state index in [1.165, 1.54) is 4.31 Å². The minimum Gasteiger partial charge on any atom is -0.505 e. The molecule has 4 rings (SSSR count). The second-order valence-corrected chi connectivity index (χ2v) is 9.98. The van der Waals surface area contributed by atoms with Crippen LogP contribution in [0.5, 0.6) is 0 Å². The predicted molar refractivity (Wildman–Crippen MR) is 119 cm³/mol. The van der Waals surface area contributed by atoms with Crippen LogP contribution in [0.3, 0.4) is 0 Å². The quantitative estimate of drug-likeness (QED) is 0.536. The van der Waals surface area contributed by atoms with Gasteiger partial charge in [0.1, 0.15) is 4.91 Å². The lowest BCUT2D eigenvalue weighted by molar-refractivity contribution is 0.0733. The number of nitrogens with zero attached hydrogens (tertiary/aromatic N) is 3. The molecular weight excluding hydrogens is 494 g/mol. The van der Waals surface area contributed by atoms with Gasteiger partial charge in [-0.1, -0.05) is 18.2 Å². The summed E-state index contributed by atoms with van der Waals surface area (Å²) < 4.78 is 41.9. The average molecular weight is 514 g/mol. The second-order valence-electron chi connectivity index (χ2n) is 6.64. The maximum absolute atomic E-state index is 13.0. The van der Waals surface area contributed by atoms with Crippen molar-refractivity contribution >= 4 is 55.0 Å². The van der Waals surface area contributed by atoms with E-state index in [1.807, 2.05) is 24.3 Å². The molecule has 1 aromatic heterocycles. The van der Waals surface area contributed by atoms with Gasteiger partial charge in [-0.3, -0.25) is 0 Å². The fraction of sp³-hybridized carbons (Fsp3) is 0.333. The van der Waals surface area contributed by atoms with Crippen LogP contribution in [0.15, 0.2) is 51.2 Å². The number of rotatable bonds is 6. The number of morpholine rings is 1. The molecule has 1 aliphatic carbocycles. The van der Waals surface area contributed by atoms with E-state index in [2.05, 4.69) is 35.3 Å². The Morgan fingerprint density at radius 2 is 1.83 bits per heavy atom. The normalized spacial score (nSPS) is 18.2. The van der Waals surface area contributed by atoms with Crippen LogP contribution in [0.2, 0.25) is 0 Å². The van der Waals surface area contributed by atoms with Gasteiger partial charge in [0.2, 0.25) is 10.0 Å². The molecule has 0 atom stereocenters. The van der Waals surface area contributed by atoms with Crippen LogP contribution >= 0.6 is 27.7 Å². The molecule has 0 spiro atoms. The molecule has 2 aliphatic rings. The van der Waals surface area contributed by atoms with Crippen LogP contribution in [0.4, 0.5) is 17.3 Å². The first-order valence-corrected chi connectivity index (χ1v) is 12.2. The largest absolute Gasteiger partial charge is 0.505 e. The molecule has 160 valence electrons. The predicted octanol–water partition coefficient (Wildman–Crippen LogP) is 3.57. The number of sulfonamides is 1. The van der Waals surface area contributed by atoms with Gasteiger partial charge in [-0.15, -0.1) is 0 Å². The summed E-state index contributed by atoms with van der Waals surface area (Å²) in [7, 11) is -3.76. The van der Waals surface area contributed by atoms with Gasteiger partial charge < -0.3 is 20.5 Å². The monoisotopic (exact) mass is 513 g/mol. The summed E-state index contributed by atoms with van der Waals surface area (Å²) in [6.07, 6.45) is 2.49. The minimum absolute atomic E-state index is 0.0119. The maximum atomic E-state index is 13.0. The van der Waals surface area contributed by atoms with Crippen molar-refractivity contribution in [2.45, 2.75) is 12.8 Å². The Balaban J connectivity index is 1.56. The van der Waals surface area contributed by atoms with Gasteiger partial charge in [-0.2, -0.15) is 13.1 Å². The van der Waals surface area contributed by atoms with Crippen LogP contribution in [0.25, 0.3) is 0 Å². The smallest absolute Gasteiger partial charge is 0.243 e. The van der Waals surface area contributed by atoms with Crippen LogP contribution in [-0.4, -0.2) is 52.9 Å². The molecular formula is C18H20BrN5O4S2. The molecule has 0 saturated carbocycles. The summed E-state index contributed by atoms with van der Waals surface area (Å²) >= 11 is 4.48. The highest BCUT2D eigenvalue weighted by molar-refractivity contribution is 9.10. The molecule has 30 heavy (non-hydrogen) atoms. The first kappa shape index (κ1) is 21.2. The Morgan fingerprint density at radius 3 is 2.57 bits per heavy atom. The third kappa shape index (κ3) is 4.37. The summed E-state index contributed by atoms with van der Waals surface area (Å²) in [6, 6.07) is 7.58. The minimum atomic E-state index is -3.76. The lowest BCUT2D eigenvalue weighted by Crippen LogP contribution is -2.41. The van der Waals surface area contributed by atoms with Crippen molar-refractivity contribution in [2.75, 3.05) is 36.9 Å². The first-order valence-electron chi connectivity index (χ1n) is 9.28. The molecule has 2 heterocycles. The van der Waals surface area contributed by atoms with E-state index in [1.54, 1.807) is 6.08 Å². The number of aromatic nitrogens is 2. The van der Waals surface area contributed by atoms with Crippen LogP contribution in [0.1, 0.15) is 12.8 Å². The van der Waals surface area contributed by atoms with Gasteiger partial charge in [0.15, 0.2) is 17.4 Å². The van der Waals surface area contributed by atoms with E-state index < -0.39 is 10.0 Å². The van der Waals surface area contributed by atoms with Gasteiger partial charge in [0.25, 0.3) is 0 Å².